The van der Waals surface area contributed by atoms with Gasteiger partial charge in [-0.25, -0.2) is 4.98 Å². The van der Waals surface area contributed by atoms with Gasteiger partial charge in [0.25, 0.3) is 0 Å². The number of hydrogen-bond donors (Lipinski definition) is 2. The van der Waals surface area contributed by atoms with Crippen molar-refractivity contribution in [1.82, 2.24) is 4.98 Å². The normalized spacial score (nSPS) is 12.7. The number of aromatic nitrogens is 1. The van der Waals surface area contributed by atoms with Crippen LogP contribution in [0.5, 0.6) is 0 Å². The minimum atomic E-state index is -0.612. The molecule has 3 N–H and O–H groups in total. The topological polar surface area (TPSA) is 59.1 Å². The number of hydrogen-bond acceptors (Lipinski definition) is 4. The summed E-state index contributed by atoms with van der Waals surface area (Å²) in [6, 6.07) is 15.3. The average Bonchev–Trinajstić information content (AvgIpc) is 2.78. The third-order valence-corrected chi connectivity index (χ3v) is 3.71. The maximum Gasteiger partial charge on any atom is 0.181 e. The number of nitrogen functional groups attached to an aromatic ring is 1. The molecule has 0 amide bonds. The molecule has 0 saturated heterocycles. The Kier molecular flexibility index (Phi) is 2.74. The maximum atomic E-state index is 10.3. The Morgan fingerprint density at radius 2 is 1.83 bits per heavy atom. The Balaban J connectivity index is 2.03. The van der Waals surface area contributed by atoms with Crippen LogP contribution in [0.4, 0.5) is 5.13 Å². The second-order valence-corrected chi connectivity index (χ2v) is 5.15. The highest BCUT2D eigenvalue weighted by Crippen LogP contribution is 2.29. The van der Waals surface area contributed by atoms with Crippen molar-refractivity contribution >= 4 is 26.7 Å². The molecule has 0 aliphatic heterocycles. The first kappa shape index (κ1) is 11.2. The van der Waals surface area contributed by atoms with E-state index >= 15 is 0 Å². The standard InChI is InChI=1S/C14H12N2OS/c15-14-16-11-7-6-10(8-12(11)18-14)13(17)9-4-2-1-3-5-9/h1-8,13,17H,(H2,15,16). The molecule has 1 atom stereocenters. The lowest BCUT2D eigenvalue weighted by atomic mass is 10.0. The van der Waals surface area contributed by atoms with Gasteiger partial charge in [0.2, 0.25) is 0 Å². The third kappa shape index (κ3) is 1.96. The molecule has 0 spiro atoms. The lowest BCUT2D eigenvalue weighted by Crippen LogP contribution is -1.98. The molecule has 1 aromatic heterocycles. The maximum absolute atomic E-state index is 10.3. The highest BCUT2D eigenvalue weighted by molar-refractivity contribution is 7.22. The van der Waals surface area contributed by atoms with Gasteiger partial charge in [0.05, 0.1) is 10.2 Å². The van der Waals surface area contributed by atoms with Crippen LogP contribution in [0.15, 0.2) is 48.5 Å². The Bertz CT molecular complexity index is 679. The molecule has 18 heavy (non-hydrogen) atoms. The fraction of sp³-hybridized carbons (Fsp3) is 0.0714. The van der Waals surface area contributed by atoms with Gasteiger partial charge in [0.15, 0.2) is 5.13 Å². The zero-order chi connectivity index (χ0) is 12.5. The summed E-state index contributed by atoms with van der Waals surface area (Å²) in [4.78, 5) is 4.20. The van der Waals surface area contributed by atoms with Gasteiger partial charge in [-0.15, -0.1) is 0 Å². The molecule has 0 radical (unpaired) electrons. The molecule has 0 saturated carbocycles. The molecule has 90 valence electrons. The number of nitrogens with two attached hydrogens (primary N) is 1. The zero-order valence-corrected chi connectivity index (χ0v) is 10.4. The average molecular weight is 256 g/mol. The summed E-state index contributed by atoms with van der Waals surface area (Å²) in [6.45, 7) is 0. The summed E-state index contributed by atoms with van der Waals surface area (Å²) in [5.41, 5.74) is 8.29. The summed E-state index contributed by atoms with van der Waals surface area (Å²) >= 11 is 1.43. The van der Waals surface area contributed by atoms with Crippen molar-refractivity contribution in [2.75, 3.05) is 5.73 Å². The number of thiazole rings is 1. The molecule has 3 nitrogen and oxygen atoms in total. The molecule has 0 aliphatic rings. The summed E-state index contributed by atoms with van der Waals surface area (Å²) in [7, 11) is 0. The number of nitrogens with zero attached hydrogens (tertiary/aromatic N) is 1. The SMILES string of the molecule is Nc1nc2ccc(C(O)c3ccccc3)cc2s1. The van der Waals surface area contributed by atoms with Crippen LogP contribution in [0.2, 0.25) is 0 Å². The second kappa shape index (κ2) is 4.40. The molecule has 1 heterocycles. The van der Waals surface area contributed by atoms with Crippen LogP contribution < -0.4 is 5.73 Å². The van der Waals surface area contributed by atoms with E-state index in [0.717, 1.165) is 21.3 Å². The fourth-order valence-electron chi connectivity index (χ4n) is 1.96. The Morgan fingerprint density at radius 3 is 2.61 bits per heavy atom. The van der Waals surface area contributed by atoms with E-state index in [4.69, 9.17) is 5.73 Å². The number of aliphatic hydroxyl groups excluding tert-OH is 1. The van der Waals surface area contributed by atoms with Crippen LogP contribution in [-0.2, 0) is 0 Å². The number of anilines is 1. The molecule has 3 aromatic rings. The monoisotopic (exact) mass is 256 g/mol. The highest BCUT2D eigenvalue weighted by atomic mass is 32.1. The van der Waals surface area contributed by atoms with Crippen molar-refractivity contribution in [3.8, 4) is 0 Å². The van der Waals surface area contributed by atoms with Crippen molar-refractivity contribution in [2.45, 2.75) is 6.10 Å². The molecular weight excluding hydrogens is 244 g/mol. The number of aliphatic hydroxyl groups is 1. The van der Waals surface area contributed by atoms with Gasteiger partial charge in [-0.05, 0) is 23.3 Å². The van der Waals surface area contributed by atoms with E-state index in [-0.39, 0.29) is 0 Å². The first-order valence-electron chi connectivity index (χ1n) is 5.63. The predicted molar refractivity (Wildman–Crippen MR) is 74.5 cm³/mol. The van der Waals surface area contributed by atoms with Gasteiger partial charge < -0.3 is 10.8 Å². The van der Waals surface area contributed by atoms with Gasteiger partial charge in [-0.1, -0.05) is 47.7 Å². The van der Waals surface area contributed by atoms with E-state index in [1.807, 2.05) is 48.5 Å². The predicted octanol–water partition coefficient (Wildman–Crippen LogP) is 2.96. The molecule has 4 heteroatoms. The van der Waals surface area contributed by atoms with Gasteiger partial charge >= 0.3 is 0 Å². The number of benzene rings is 2. The molecule has 1 unspecified atom stereocenters. The van der Waals surface area contributed by atoms with Gasteiger partial charge in [-0.3, -0.25) is 0 Å². The van der Waals surface area contributed by atoms with Crippen molar-refractivity contribution in [3.05, 3.63) is 59.7 Å². The molecule has 0 aliphatic carbocycles. The Labute approximate surface area is 109 Å². The van der Waals surface area contributed by atoms with E-state index in [9.17, 15) is 5.11 Å². The minimum Gasteiger partial charge on any atom is -0.384 e. The van der Waals surface area contributed by atoms with Crippen molar-refractivity contribution in [2.24, 2.45) is 0 Å². The first-order valence-corrected chi connectivity index (χ1v) is 6.44. The van der Waals surface area contributed by atoms with E-state index in [0.29, 0.717) is 5.13 Å². The largest absolute Gasteiger partial charge is 0.384 e. The lowest BCUT2D eigenvalue weighted by molar-refractivity contribution is 0.220. The first-order chi connectivity index (χ1) is 8.74. The summed E-state index contributed by atoms with van der Waals surface area (Å²) in [6.07, 6.45) is -0.612. The van der Waals surface area contributed by atoms with Crippen molar-refractivity contribution < 1.29 is 5.11 Å². The molecule has 2 aromatic carbocycles. The Hall–Kier alpha value is -1.91. The smallest absolute Gasteiger partial charge is 0.181 e. The van der Waals surface area contributed by atoms with E-state index in [1.54, 1.807) is 0 Å². The molecule has 0 bridgehead atoms. The van der Waals surface area contributed by atoms with Crippen molar-refractivity contribution in [3.63, 3.8) is 0 Å². The lowest BCUT2D eigenvalue weighted by Gasteiger charge is -2.11. The third-order valence-electron chi connectivity index (χ3n) is 2.86. The number of fused-ring (bicyclic) bond motifs is 1. The fourth-order valence-corrected chi connectivity index (χ4v) is 2.74. The zero-order valence-electron chi connectivity index (χ0n) is 9.58. The van der Waals surface area contributed by atoms with Crippen LogP contribution in [0, 0.1) is 0 Å². The second-order valence-electron chi connectivity index (χ2n) is 4.09. The van der Waals surface area contributed by atoms with Crippen LogP contribution in [0.25, 0.3) is 10.2 Å². The quantitative estimate of drug-likeness (QED) is 0.741. The number of rotatable bonds is 2. The van der Waals surface area contributed by atoms with Crippen LogP contribution >= 0.6 is 11.3 Å². The van der Waals surface area contributed by atoms with Crippen LogP contribution in [0.1, 0.15) is 17.2 Å². The van der Waals surface area contributed by atoms with Crippen LogP contribution in [0.3, 0.4) is 0 Å². The Morgan fingerprint density at radius 1 is 1.06 bits per heavy atom. The summed E-state index contributed by atoms with van der Waals surface area (Å²) in [5, 5.41) is 10.9. The van der Waals surface area contributed by atoms with E-state index in [2.05, 4.69) is 4.98 Å². The minimum absolute atomic E-state index is 0.552. The van der Waals surface area contributed by atoms with Gasteiger partial charge in [-0.2, -0.15) is 0 Å². The molecular formula is C14H12N2OS. The van der Waals surface area contributed by atoms with Gasteiger partial charge in [0, 0.05) is 0 Å². The van der Waals surface area contributed by atoms with E-state index in [1.165, 1.54) is 11.3 Å². The molecule has 3 rings (SSSR count). The van der Waals surface area contributed by atoms with Crippen molar-refractivity contribution in [1.29, 1.82) is 0 Å². The molecule has 0 fully saturated rings. The van der Waals surface area contributed by atoms with Gasteiger partial charge in [0.1, 0.15) is 6.10 Å². The summed E-state index contributed by atoms with van der Waals surface area (Å²) in [5.74, 6) is 0. The highest BCUT2D eigenvalue weighted by Gasteiger charge is 2.11. The van der Waals surface area contributed by atoms with Crippen LogP contribution in [-0.4, -0.2) is 10.1 Å². The summed E-state index contributed by atoms with van der Waals surface area (Å²) < 4.78 is 1.000. The van der Waals surface area contributed by atoms with E-state index < -0.39 is 6.10 Å².